The van der Waals surface area contributed by atoms with Crippen molar-refractivity contribution in [2.24, 2.45) is 0 Å². The summed E-state index contributed by atoms with van der Waals surface area (Å²) in [4.78, 5) is 12.4. The molecule has 1 aliphatic rings. The molecule has 1 saturated heterocycles. The van der Waals surface area contributed by atoms with Gasteiger partial charge in [-0.2, -0.15) is 0 Å². The molecule has 3 heteroatoms. The lowest BCUT2D eigenvalue weighted by Gasteiger charge is -2.16. The number of nitrogens with zero attached hydrogens (tertiary/aromatic N) is 1. The molecule has 0 aliphatic carbocycles. The number of aliphatic hydroxyl groups is 1. The molecule has 0 bridgehead atoms. The van der Waals surface area contributed by atoms with Crippen molar-refractivity contribution >= 4 is 5.91 Å². The first-order valence-corrected chi connectivity index (χ1v) is 4.49. The van der Waals surface area contributed by atoms with E-state index >= 15 is 0 Å². The normalized spacial score (nSPS) is 27.9. The molecule has 0 aromatic rings. The van der Waals surface area contributed by atoms with E-state index in [0.717, 1.165) is 0 Å². The fourth-order valence-corrected chi connectivity index (χ4v) is 1.21. The van der Waals surface area contributed by atoms with Crippen LogP contribution < -0.4 is 0 Å². The SMILES string of the molecule is CC.CC(=O)N1CC[C@@](C)(O)C1. The van der Waals surface area contributed by atoms with Crippen LogP contribution in [0.25, 0.3) is 0 Å². The maximum absolute atomic E-state index is 10.7. The molecule has 1 heterocycles. The molecule has 12 heavy (non-hydrogen) atoms. The van der Waals surface area contributed by atoms with Crippen molar-refractivity contribution < 1.29 is 9.90 Å². The number of hydrogen-bond donors (Lipinski definition) is 1. The molecule has 0 spiro atoms. The van der Waals surface area contributed by atoms with E-state index < -0.39 is 5.60 Å². The summed E-state index contributed by atoms with van der Waals surface area (Å²) in [5.41, 5.74) is -0.647. The summed E-state index contributed by atoms with van der Waals surface area (Å²) in [7, 11) is 0. The summed E-state index contributed by atoms with van der Waals surface area (Å²) in [5.74, 6) is 0.0535. The standard InChI is InChI=1S/C7H13NO2.C2H6/c1-6(9)8-4-3-7(2,10)5-8;1-2/h10H,3-5H2,1-2H3;1-2H3/t7-;/m1./s1. The molecule has 1 atom stereocenters. The largest absolute Gasteiger partial charge is 0.388 e. The van der Waals surface area contributed by atoms with Gasteiger partial charge in [-0.3, -0.25) is 4.79 Å². The first-order valence-electron chi connectivity index (χ1n) is 4.49. The Kier molecular flexibility index (Phi) is 4.24. The van der Waals surface area contributed by atoms with Crippen molar-refractivity contribution in [1.82, 2.24) is 4.90 Å². The fraction of sp³-hybridized carbons (Fsp3) is 0.889. The third-order valence-electron chi connectivity index (χ3n) is 1.90. The van der Waals surface area contributed by atoms with Gasteiger partial charge in [0, 0.05) is 20.0 Å². The van der Waals surface area contributed by atoms with Crippen LogP contribution in [0.5, 0.6) is 0 Å². The molecule has 1 amide bonds. The highest BCUT2D eigenvalue weighted by Crippen LogP contribution is 2.19. The van der Waals surface area contributed by atoms with E-state index in [2.05, 4.69) is 0 Å². The van der Waals surface area contributed by atoms with Crippen molar-refractivity contribution in [3.63, 3.8) is 0 Å². The zero-order valence-corrected chi connectivity index (χ0v) is 8.42. The Morgan fingerprint density at radius 1 is 1.50 bits per heavy atom. The van der Waals surface area contributed by atoms with Crippen molar-refractivity contribution in [1.29, 1.82) is 0 Å². The van der Waals surface area contributed by atoms with E-state index in [4.69, 9.17) is 0 Å². The van der Waals surface area contributed by atoms with Gasteiger partial charge in [0.05, 0.1) is 5.60 Å². The minimum Gasteiger partial charge on any atom is -0.388 e. The zero-order chi connectivity index (χ0) is 9.78. The summed E-state index contributed by atoms with van der Waals surface area (Å²) in [5, 5.41) is 9.42. The molecule has 0 radical (unpaired) electrons. The fourth-order valence-electron chi connectivity index (χ4n) is 1.21. The van der Waals surface area contributed by atoms with Gasteiger partial charge < -0.3 is 10.0 Å². The van der Waals surface area contributed by atoms with Crippen LogP contribution in [-0.2, 0) is 4.79 Å². The van der Waals surface area contributed by atoms with Crippen molar-refractivity contribution in [2.75, 3.05) is 13.1 Å². The average Bonchev–Trinajstić information content (AvgIpc) is 2.35. The van der Waals surface area contributed by atoms with Gasteiger partial charge in [0.2, 0.25) is 5.91 Å². The first-order chi connectivity index (χ1) is 5.51. The Balaban J connectivity index is 0.000000561. The van der Waals surface area contributed by atoms with Crippen LogP contribution in [0.2, 0.25) is 0 Å². The maximum Gasteiger partial charge on any atom is 0.219 e. The van der Waals surface area contributed by atoms with Crippen LogP contribution >= 0.6 is 0 Å². The topological polar surface area (TPSA) is 40.5 Å². The summed E-state index contributed by atoms with van der Waals surface area (Å²) in [6, 6.07) is 0. The number of carbonyl (C=O) groups excluding carboxylic acids is 1. The minimum absolute atomic E-state index is 0.0535. The molecule has 1 rings (SSSR count). The number of amides is 1. The zero-order valence-electron chi connectivity index (χ0n) is 8.42. The Labute approximate surface area is 74.4 Å². The Bertz CT molecular complexity index is 155. The van der Waals surface area contributed by atoms with Gasteiger partial charge in [0.25, 0.3) is 0 Å². The minimum atomic E-state index is -0.647. The van der Waals surface area contributed by atoms with Gasteiger partial charge in [-0.05, 0) is 13.3 Å². The van der Waals surface area contributed by atoms with Crippen LogP contribution in [0.1, 0.15) is 34.1 Å². The average molecular weight is 173 g/mol. The van der Waals surface area contributed by atoms with Gasteiger partial charge in [-0.15, -0.1) is 0 Å². The number of likely N-dealkylation sites (tertiary alicyclic amines) is 1. The lowest BCUT2D eigenvalue weighted by Crippen LogP contribution is -2.32. The van der Waals surface area contributed by atoms with Gasteiger partial charge in [-0.1, -0.05) is 13.8 Å². The van der Waals surface area contributed by atoms with E-state index in [1.165, 1.54) is 6.92 Å². The van der Waals surface area contributed by atoms with Crippen molar-refractivity contribution in [3.05, 3.63) is 0 Å². The van der Waals surface area contributed by atoms with E-state index in [9.17, 15) is 9.90 Å². The lowest BCUT2D eigenvalue weighted by atomic mass is 10.1. The van der Waals surface area contributed by atoms with E-state index in [-0.39, 0.29) is 5.91 Å². The van der Waals surface area contributed by atoms with Crippen LogP contribution in [0.4, 0.5) is 0 Å². The van der Waals surface area contributed by atoms with Crippen LogP contribution in [0.3, 0.4) is 0 Å². The molecule has 1 aliphatic heterocycles. The van der Waals surface area contributed by atoms with Gasteiger partial charge in [0.1, 0.15) is 0 Å². The number of β-amino-alcohol motifs (C(OH)–C–C–N with tert-alkyl or cyclic N) is 1. The third kappa shape index (κ3) is 3.22. The number of carbonyl (C=O) groups is 1. The quantitative estimate of drug-likeness (QED) is 0.594. The molecule has 0 aromatic heterocycles. The molecule has 72 valence electrons. The molecular formula is C9H19NO2. The first kappa shape index (κ1) is 11.4. The molecule has 1 fully saturated rings. The van der Waals surface area contributed by atoms with Gasteiger partial charge in [0.15, 0.2) is 0 Å². The predicted octanol–water partition coefficient (Wildman–Crippen LogP) is 1.02. The highest BCUT2D eigenvalue weighted by Gasteiger charge is 2.32. The smallest absolute Gasteiger partial charge is 0.219 e. The third-order valence-corrected chi connectivity index (χ3v) is 1.90. The number of rotatable bonds is 0. The highest BCUT2D eigenvalue weighted by atomic mass is 16.3. The summed E-state index contributed by atoms with van der Waals surface area (Å²) < 4.78 is 0. The summed E-state index contributed by atoms with van der Waals surface area (Å²) in [6.45, 7) is 8.47. The Morgan fingerprint density at radius 2 is 2.00 bits per heavy atom. The molecule has 0 aromatic carbocycles. The van der Waals surface area contributed by atoms with Crippen molar-refractivity contribution in [3.8, 4) is 0 Å². The lowest BCUT2D eigenvalue weighted by molar-refractivity contribution is -0.128. The monoisotopic (exact) mass is 173 g/mol. The molecular weight excluding hydrogens is 154 g/mol. The van der Waals surface area contributed by atoms with Gasteiger partial charge in [-0.25, -0.2) is 0 Å². The predicted molar refractivity (Wildman–Crippen MR) is 48.8 cm³/mol. The maximum atomic E-state index is 10.7. The summed E-state index contributed by atoms with van der Waals surface area (Å²) >= 11 is 0. The van der Waals surface area contributed by atoms with E-state index in [1.807, 2.05) is 13.8 Å². The number of hydrogen-bond acceptors (Lipinski definition) is 2. The second-order valence-corrected chi connectivity index (χ2v) is 3.19. The summed E-state index contributed by atoms with van der Waals surface area (Å²) in [6.07, 6.45) is 0.701. The second-order valence-electron chi connectivity index (χ2n) is 3.19. The van der Waals surface area contributed by atoms with E-state index in [0.29, 0.717) is 19.5 Å². The van der Waals surface area contributed by atoms with Crippen molar-refractivity contribution in [2.45, 2.75) is 39.7 Å². The Hall–Kier alpha value is -0.570. The highest BCUT2D eigenvalue weighted by molar-refractivity contribution is 5.73. The molecule has 0 unspecified atom stereocenters. The van der Waals surface area contributed by atoms with Crippen LogP contribution in [0.15, 0.2) is 0 Å². The molecule has 0 saturated carbocycles. The molecule has 3 nitrogen and oxygen atoms in total. The van der Waals surface area contributed by atoms with Crippen LogP contribution in [-0.4, -0.2) is 34.6 Å². The van der Waals surface area contributed by atoms with E-state index in [1.54, 1.807) is 11.8 Å². The second kappa shape index (κ2) is 4.45. The molecule has 1 N–H and O–H groups in total. The Morgan fingerprint density at radius 3 is 2.17 bits per heavy atom. The van der Waals surface area contributed by atoms with Gasteiger partial charge >= 0.3 is 0 Å². The van der Waals surface area contributed by atoms with Crippen LogP contribution in [0, 0.1) is 0 Å².